The molecule has 0 bridgehead atoms. The quantitative estimate of drug-likeness (QED) is 0.663. The van der Waals surface area contributed by atoms with Crippen LogP contribution in [0.3, 0.4) is 0 Å². The number of hydrogen-bond acceptors (Lipinski definition) is 4. The Kier molecular flexibility index (Phi) is 2.09. The van der Waals surface area contributed by atoms with Crippen LogP contribution in [0.4, 0.5) is 0 Å². The van der Waals surface area contributed by atoms with Crippen molar-refractivity contribution in [2.75, 3.05) is 0 Å². The van der Waals surface area contributed by atoms with Gasteiger partial charge in [-0.3, -0.25) is 0 Å². The van der Waals surface area contributed by atoms with Gasteiger partial charge in [-0.2, -0.15) is 4.68 Å². The first-order chi connectivity index (χ1) is 6.68. The molecule has 0 unspecified atom stereocenters. The lowest BCUT2D eigenvalue weighted by atomic mass is 10.3. The molecule has 2 rings (SSSR count). The van der Waals surface area contributed by atoms with E-state index in [0.29, 0.717) is 5.56 Å². The summed E-state index contributed by atoms with van der Waals surface area (Å²) in [7, 11) is 1.50. The third-order valence-corrected chi connectivity index (χ3v) is 1.98. The molecular formula is C8H6ClN3O2. The monoisotopic (exact) mass is 211 g/mol. The van der Waals surface area contributed by atoms with Crippen molar-refractivity contribution in [3.63, 3.8) is 0 Å². The van der Waals surface area contributed by atoms with Crippen molar-refractivity contribution in [1.29, 1.82) is 0 Å². The molecule has 2 heterocycles. The highest BCUT2D eigenvalue weighted by atomic mass is 35.5. The molecule has 0 aliphatic carbocycles. The van der Waals surface area contributed by atoms with Crippen molar-refractivity contribution in [3.05, 3.63) is 34.0 Å². The van der Waals surface area contributed by atoms with E-state index in [4.69, 9.17) is 16.0 Å². The van der Waals surface area contributed by atoms with Gasteiger partial charge in [0.25, 0.3) is 5.89 Å². The standard InChI is InChI=1S/C8H6ClN3O2/c1-12-8(13)14-7(11-12)5-3-2-4-10-6(5)9/h2-4H,1H3. The van der Waals surface area contributed by atoms with Gasteiger partial charge in [0.05, 0.1) is 5.56 Å². The molecule has 0 aliphatic rings. The predicted molar refractivity (Wildman–Crippen MR) is 50.0 cm³/mol. The Morgan fingerprint density at radius 3 is 2.93 bits per heavy atom. The minimum absolute atomic E-state index is 0.176. The summed E-state index contributed by atoms with van der Waals surface area (Å²) in [4.78, 5) is 14.8. The summed E-state index contributed by atoms with van der Waals surface area (Å²) in [5, 5.41) is 4.11. The summed E-state index contributed by atoms with van der Waals surface area (Å²) in [5.41, 5.74) is 0.506. The molecule has 72 valence electrons. The van der Waals surface area contributed by atoms with Crippen LogP contribution in [0.15, 0.2) is 27.5 Å². The zero-order chi connectivity index (χ0) is 10.1. The Labute approximate surface area is 83.9 Å². The average molecular weight is 212 g/mol. The van der Waals surface area contributed by atoms with E-state index >= 15 is 0 Å². The molecule has 0 atom stereocenters. The second-order valence-corrected chi connectivity index (χ2v) is 3.00. The van der Waals surface area contributed by atoms with Crippen LogP contribution >= 0.6 is 11.6 Å². The first kappa shape index (κ1) is 8.96. The van der Waals surface area contributed by atoms with Gasteiger partial charge in [-0.15, -0.1) is 5.10 Å². The van der Waals surface area contributed by atoms with Gasteiger partial charge in [0, 0.05) is 13.2 Å². The van der Waals surface area contributed by atoms with Crippen molar-refractivity contribution in [3.8, 4) is 11.5 Å². The maximum atomic E-state index is 11.0. The zero-order valence-electron chi connectivity index (χ0n) is 7.27. The summed E-state index contributed by atoms with van der Waals surface area (Å²) < 4.78 is 5.95. The van der Waals surface area contributed by atoms with Gasteiger partial charge in [-0.05, 0) is 12.1 Å². The number of halogens is 1. The van der Waals surface area contributed by atoms with Crippen molar-refractivity contribution in [2.45, 2.75) is 0 Å². The molecule has 5 nitrogen and oxygen atoms in total. The van der Waals surface area contributed by atoms with Crippen molar-refractivity contribution in [2.24, 2.45) is 7.05 Å². The maximum absolute atomic E-state index is 11.0. The van der Waals surface area contributed by atoms with E-state index in [0.717, 1.165) is 4.68 Å². The number of rotatable bonds is 1. The highest BCUT2D eigenvalue weighted by Gasteiger charge is 2.11. The molecule has 2 aromatic rings. The molecule has 0 amide bonds. The third kappa shape index (κ3) is 1.42. The molecule has 0 radical (unpaired) electrons. The van der Waals surface area contributed by atoms with Gasteiger partial charge >= 0.3 is 5.76 Å². The van der Waals surface area contributed by atoms with Gasteiger partial charge in [0.1, 0.15) is 5.15 Å². The molecule has 0 spiro atoms. The molecule has 0 fully saturated rings. The molecule has 0 saturated carbocycles. The van der Waals surface area contributed by atoms with Crippen molar-refractivity contribution in [1.82, 2.24) is 14.8 Å². The normalized spacial score (nSPS) is 10.4. The SMILES string of the molecule is Cn1nc(-c2cccnc2Cl)oc1=O. The van der Waals surface area contributed by atoms with Crippen LogP contribution in [-0.2, 0) is 7.05 Å². The Bertz CT molecular complexity index is 517. The van der Waals surface area contributed by atoms with Gasteiger partial charge < -0.3 is 4.42 Å². The molecule has 0 aromatic carbocycles. The lowest BCUT2D eigenvalue weighted by Gasteiger charge is -1.94. The lowest BCUT2D eigenvalue weighted by molar-refractivity contribution is 0.505. The Hall–Kier alpha value is -1.62. The van der Waals surface area contributed by atoms with Crippen molar-refractivity contribution < 1.29 is 4.42 Å². The highest BCUT2D eigenvalue weighted by molar-refractivity contribution is 6.31. The fourth-order valence-electron chi connectivity index (χ4n) is 1.00. The summed E-state index contributed by atoms with van der Waals surface area (Å²) in [5.74, 6) is -0.351. The zero-order valence-corrected chi connectivity index (χ0v) is 8.02. The third-order valence-electron chi connectivity index (χ3n) is 1.68. The summed E-state index contributed by atoms with van der Waals surface area (Å²) >= 11 is 5.80. The number of pyridine rings is 1. The fourth-order valence-corrected chi connectivity index (χ4v) is 1.20. The van der Waals surface area contributed by atoms with Crippen LogP contribution < -0.4 is 5.76 Å². The molecule has 0 saturated heterocycles. The van der Waals surface area contributed by atoms with Crippen LogP contribution in [0.2, 0.25) is 5.15 Å². The number of nitrogens with zero attached hydrogens (tertiary/aromatic N) is 3. The Balaban J connectivity index is 2.60. The van der Waals surface area contributed by atoms with E-state index in [1.807, 2.05) is 0 Å². The maximum Gasteiger partial charge on any atom is 0.437 e. The molecule has 0 N–H and O–H groups in total. The number of hydrogen-bond donors (Lipinski definition) is 0. The Morgan fingerprint density at radius 1 is 1.57 bits per heavy atom. The van der Waals surface area contributed by atoms with Gasteiger partial charge in [-0.25, -0.2) is 9.78 Å². The van der Waals surface area contributed by atoms with Gasteiger partial charge in [0.15, 0.2) is 0 Å². The summed E-state index contributed by atoms with van der Waals surface area (Å²) in [6.45, 7) is 0. The summed E-state index contributed by atoms with van der Waals surface area (Å²) in [6.07, 6.45) is 1.55. The molecule has 6 heteroatoms. The topological polar surface area (TPSA) is 60.9 Å². The van der Waals surface area contributed by atoms with E-state index < -0.39 is 5.76 Å². The Morgan fingerprint density at radius 2 is 2.36 bits per heavy atom. The molecule has 14 heavy (non-hydrogen) atoms. The van der Waals surface area contributed by atoms with E-state index in [1.165, 1.54) is 7.05 Å². The predicted octanol–water partition coefficient (Wildman–Crippen LogP) is 1.09. The summed E-state index contributed by atoms with van der Waals surface area (Å²) in [6, 6.07) is 3.37. The van der Waals surface area contributed by atoms with Crippen LogP contribution in [0.5, 0.6) is 0 Å². The highest BCUT2D eigenvalue weighted by Crippen LogP contribution is 2.22. The number of aromatic nitrogens is 3. The fraction of sp³-hybridized carbons (Fsp3) is 0.125. The van der Waals surface area contributed by atoms with Gasteiger partial charge in [-0.1, -0.05) is 11.6 Å². The van der Waals surface area contributed by atoms with Crippen molar-refractivity contribution >= 4 is 11.6 Å². The smallest absolute Gasteiger partial charge is 0.387 e. The second-order valence-electron chi connectivity index (χ2n) is 2.64. The number of aryl methyl sites for hydroxylation is 1. The van der Waals surface area contributed by atoms with Crippen LogP contribution in [-0.4, -0.2) is 14.8 Å². The minimum atomic E-state index is -0.528. The minimum Gasteiger partial charge on any atom is -0.387 e. The largest absolute Gasteiger partial charge is 0.437 e. The van der Waals surface area contributed by atoms with E-state index in [2.05, 4.69) is 10.1 Å². The van der Waals surface area contributed by atoms with E-state index in [9.17, 15) is 4.79 Å². The van der Waals surface area contributed by atoms with E-state index in [-0.39, 0.29) is 11.0 Å². The lowest BCUT2D eigenvalue weighted by Crippen LogP contribution is -2.09. The first-order valence-electron chi connectivity index (χ1n) is 3.83. The van der Waals surface area contributed by atoms with Crippen LogP contribution in [0, 0.1) is 0 Å². The first-order valence-corrected chi connectivity index (χ1v) is 4.21. The molecular weight excluding hydrogens is 206 g/mol. The van der Waals surface area contributed by atoms with Gasteiger partial charge in [0.2, 0.25) is 0 Å². The second kappa shape index (κ2) is 3.26. The molecule has 2 aromatic heterocycles. The molecule has 0 aliphatic heterocycles. The van der Waals surface area contributed by atoms with E-state index in [1.54, 1.807) is 18.3 Å². The average Bonchev–Trinajstić information content (AvgIpc) is 2.48. The van der Waals surface area contributed by atoms with Crippen LogP contribution in [0.1, 0.15) is 0 Å². The van der Waals surface area contributed by atoms with Crippen LogP contribution in [0.25, 0.3) is 11.5 Å².